The van der Waals surface area contributed by atoms with E-state index in [1.54, 1.807) is 4.90 Å². The van der Waals surface area contributed by atoms with E-state index in [-0.39, 0.29) is 29.8 Å². The van der Waals surface area contributed by atoms with E-state index in [1.165, 1.54) is 7.11 Å². The lowest BCUT2D eigenvalue weighted by atomic mass is 10.0. The maximum absolute atomic E-state index is 13.7. The summed E-state index contributed by atoms with van der Waals surface area (Å²) in [6.07, 6.45) is 12.2. The van der Waals surface area contributed by atoms with E-state index in [2.05, 4.69) is 16.7 Å². The number of carbonyl (C=O) groups is 4. The number of ether oxygens (including phenoxy) is 2. The van der Waals surface area contributed by atoms with Crippen LogP contribution in [0.1, 0.15) is 77.6 Å². The summed E-state index contributed by atoms with van der Waals surface area (Å²) in [6, 6.07) is -1.43. The minimum Gasteiger partial charge on any atom is -0.467 e. The lowest BCUT2D eigenvalue weighted by molar-refractivity contribution is -0.148. The zero-order valence-electron chi connectivity index (χ0n) is 20.9. The van der Waals surface area contributed by atoms with Crippen molar-refractivity contribution in [1.82, 2.24) is 15.5 Å². The van der Waals surface area contributed by atoms with Gasteiger partial charge in [-0.05, 0) is 63.7 Å². The lowest BCUT2D eigenvalue weighted by Crippen LogP contribution is -2.56. The van der Waals surface area contributed by atoms with Gasteiger partial charge in [0.05, 0.1) is 7.11 Å². The monoisotopic (exact) mass is 489 g/mol. The molecule has 2 aliphatic heterocycles. The van der Waals surface area contributed by atoms with E-state index in [0.29, 0.717) is 25.8 Å². The maximum atomic E-state index is 13.7. The van der Waals surface area contributed by atoms with Crippen molar-refractivity contribution in [1.29, 1.82) is 0 Å². The molecule has 4 aliphatic rings. The molecule has 3 fully saturated rings. The Labute approximate surface area is 207 Å². The molecule has 0 unspecified atom stereocenters. The van der Waals surface area contributed by atoms with Gasteiger partial charge in [0.15, 0.2) is 0 Å². The van der Waals surface area contributed by atoms with Gasteiger partial charge in [0.1, 0.15) is 23.7 Å². The maximum Gasteiger partial charge on any atom is 0.408 e. The van der Waals surface area contributed by atoms with Crippen LogP contribution in [0.3, 0.4) is 0 Å². The summed E-state index contributed by atoms with van der Waals surface area (Å²) in [7, 11) is 1.33. The van der Waals surface area contributed by atoms with Crippen LogP contribution in [0.25, 0.3) is 0 Å². The fourth-order valence-corrected chi connectivity index (χ4v) is 5.81. The average Bonchev–Trinajstić information content (AvgIpc) is 3.14. The first-order valence-corrected chi connectivity index (χ1v) is 13.2. The molecule has 9 nitrogen and oxygen atoms in total. The minimum atomic E-state index is -1.06. The highest BCUT2D eigenvalue weighted by molar-refractivity contribution is 5.96. The molecular formula is C26H39N3O6. The normalized spacial score (nSPS) is 35.1. The van der Waals surface area contributed by atoms with Crippen molar-refractivity contribution in [3.63, 3.8) is 0 Å². The first-order valence-electron chi connectivity index (χ1n) is 13.2. The molecule has 0 aromatic carbocycles. The van der Waals surface area contributed by atoms with Crippen LogP contribution < -0.4 is 10.6 Å². The van der Waals surface area contributed by atoms with Crippen molar-refractivity contribution in [3.8, 4) is 0 Å². The molecule has 0 bridgehead atoms. The van der Waals surface area contributed by atoms with Crippen molar-refractivity contribution < 1.29 is 28.7 Å². The summed E-state index contributed by atoms with van der Waals surface area (Å²) < 4.78 is 10.6. The Morgan fingerprint density at radius 3 is 2.60 bits per heavy atom. The summed E-state index contributed by atoms with van der Waals surface area (Å²) >= 11 is 0. The molecule has 1 saturated heterocycles. The number of nitrogens with zero attached hydrogens (tertiary/aromatic N) is 1. The van der Waals surface area contributed by atoms with Crippen molar-refractivity contribution in [3.05, 3.63) is 12.2 Å². The summed E-state index contributed by atoms with van der Waals surface area (Å²) in [5.41, 5.74) is -1.06. The van der Waals surface area contributed by atoms with Gasteiger partial charge in [0.2, 0.25) is 11.8 Å². The van der Waals surface area contributed by atoms with Crippen molar-refractivity contribution in [2.24, 2.45) is 11.8 Å². The van der Waals surface area contributed by atoms with E-state index in [1.807, 2.05) is 13.0 Å². The number of alkyl carbamates (subject to hydrolysis) is 1. The molecule has 35 heavy (non-hydrogen) atoms. The van der Waals surface area contributed by atoms with Crippen molar-refractivity contribution in [2.75, 3.05) is 13.7 Å². The van der Waals surface area contributed by atoms with E-state index in [0.717, 1.165) is 51.4 Å². The predicted octanol–water partition coefficient (Wildman–Crippen LogP) is 2.83. The first kappa shape index (κ1) is 25.5. The van der Waals surface area contributed by atoms with Crippen LogP contribution in [-0.4, -0.2) is 66.2 Å². The molecule has 194 valence electrons. The molecule has 0 spiro atoms. The van der Waals surface area contributed by atoms with Gasteiger partial charge in [-0.25, -0.2) is 9.59 Å². The third kappa shape index (κ3) is 5.81. The lowest BCUT2D eigenvalue weighted by Gasteiger charge is -2.30. The third-order valence-corrected chi connectivity index (χ3v) is 7.90. The van der Waals surface area contributed by atoms with Crippen molar-refractivity contribution >= 4 is 23.9 Å². The standard InChI is InChI=1S/C26H39N3O6/c1-17-14-21-22(30)28-26(24(32)34-2)15-18(26)10-6-4-3-5-7-13-20(23(31)29(21)16-17)27-25(33)35-19-11-8-9-12-19/h6,10,17-21H,3-5,7-9,11-16H2,1-2H3,(H,27,33)(H,28,30)/b10-6-/t17-,18+,20-,21-,26+/m0/s1. The second kappa shape index (κ2) is 11.0. The molecule has 2 aliphatic carbocycles. The first-order chi connectivity index (χ1) is 16.8. The molecule has 2 heterocycles. The number of hydrogen-bond acceptors (Lipinski definition) is 6. The van der Waals surface area contributed by atoms with Gasteiger partial charge in [-0.15, -0.1) is 0 Å². The Bertz CT molecular complexity index is 854. The Morgan fingerprint density at radius 1 is 1.11 bits per heavy atom. The van der Waals surface area contributed by atoms with Crippen LogP contribution in [0.5, 0.6) is 0 Å². The quantitative estimate of drug-likeness (QED) is 0.466. The van der Waals surface area contributed by atoms with Crippen LogP contribution in [0.4, 0.5) is 4.79 Å². The van der Waals surface area contributed by atoms with Gasteiger partial charge >= 0.3 is 12.1 Å². The molecule has 9 heteroatoms. The van der Waals surface area contributed by atoms with Gasteiger partial charge in [-0.2, -0.15) is 0 Å². The van der Waals surface area contributed by atoms with E-state index in [9.17, 15) is 19.2 Å². The molecule has 4 rings (SSSR count). The molecule has 5 atom stereocenters. The highest BCUT2D eigenvalue weighted by Gasteiger charge is 2.62. The highest BCUT2D eigenvalue weighted by atomic mass is 16.6. The molecular weight excluding hydrogens is 450 g/mol. The Balaban J connectivity index is 1.52. The zero-order chi connectivity index (χ0) is 25.0. The fraction of sp³-hybridized carbons (Fsp3) is 0.769. The third-order valence-electron chi connectivity index (χ3n) is 7.90. The van der Waals surface area contributed by atoms with Crippen LogP contribution >= 0.6 is 0 Å². The second-order valence-electron chi connectivity index (χ2n) is 10.7. The topological polar surface area (TPSA) is 114 Å². The second-order valence-corrected chi connectivity index (χ2v) is 10.7. The Kier molecular flexibility index (Phi) is 8.02. The smallest absolute Gasteiger partial charge is 0.408 e. The van der Waals surface area contributed by atoms with Crippen LogP contribution in [0.2, 0.25) is 0 Å². The average molecular weight is 490 g/mol. The molecule has 2 N–H and O–H groups in total. The van der Waals surface area contributed by atoms with E-state index < -0.39 is 29.7 Å². The number of hydrogen-bond donors (Lipinski definition) is 2. The minimum absolute atomic E-state index is 0.0921. The predicted molar refractivity (Wildman–Crippen MR) is 128 cm³/mol. The van der Waals surface area contributed by atoms with Gasteiger partial charge < -0.3 is 25.0 Å². The number of allylic oxidation sites excluding steroid dienone is 1. The van der Waals surface area contributed by atoms with E-state index >= 15 is 0 Å². The molecule has 2 saturated carbocycles. The highest BCUT2D eigenvalue weighted by Crippen LogP contribution is 2.46. The van der Waals surface area contributed by atoms with Crippen LogP contribution in [0.15, 0.2) is 12.2 Å². The van der Waals surface area contributed by atoms with Crippen molar-refractivity contribution in [2.45, 2.75) is 101 Å². The summed E-state index contributed by atoms with van der Waals surface area (Å²) in [5, 5.41) is 5.74. The number of nitrogens with one attached hydrogen (secondary N) is 2. The van der Waals surface area contributed by atoms with Crippen LogP contribution in [-0.2, 0) is 23.9 Å². The number of fused-ring (bicyclic) bond motifs is 2. The van der Waals surface area contributed by atoms with Gasteiger partial charge in [0.25, 0.3) is 0 Å². The van der Waals surface area contributed by atoms with Gasteiger partial charge in [-0.1, -0.05) is 31.9 Å². The Morgan fingerprint density at radius 2 is 1.86 bits per heavy atom. The summed E-state index contributed by atoms with van der Waals surface area (Å²) in [6.45, 7) is 2.43. The van der Waals surface area contributed by atoms with Crippen LogP contribution in [0, 0.1) is 11.8 Å². The molecule has 0 aromatic heterocycles. The Hall–Kier alpha value is -2.58. The van der Waals surface area contributed by atoms with E-state index in [4.69, 9.17) is 9.47 Å². The summed E-state index contributed by atoms with van der Waals surface area (Å²) in [5.74, 6) is -1.03. The number of rotatable bonds is 3. The number of esters is 1. The largest absolute Gasteiger partial charge is 0.467 e. The molecule has 0 radical (unpaired) electrons. The molecule has 3 amide bonds. The molecule has 0 aromatic rings. The number of carbonyl (C=O) groups excluding carboxylic acids is 4. The SMILES string of the molecule is COC(=O)[C@@]12C[C@H]1/C=C\CCCCC[C@H](NC(=O)OC1CCCC1)C(=O)N1C[C@@H](C)C[C@H]1C(=O)N2. The fourth-order valence-electron chi connectivity index (χ4n) is 5.81. The van der Waals surface area contributed by atoms with Gasteiger partial charge in [0, 0.05) is 12.5 Å². The number of methoxy groups -OCH3 is 1. The van der Waals surface area contributed by atoms with Gasteiger partial charge in [-0.3, -0.25) is 9.59 Å². The number of amides is 3. The zero-order valence-corrected chi connectivity index (χ0v) is 20.9. The summed E-state index contributed by atoms with van der Waals surface area (Å²) in [4.78, 5) is 53.8.